The number of amides is 1. The second-order valence-corrected chi connectivity index (χ2v) is 4.57. The maximum Gasteiger partial charge on any atom is 0.253 e. The minimum absolute atomic E-state index is 0.0357. The summed E-state index contributed by atoms with van der Waals surface area (Å²) in [5.41, 5.74) is 0.463. The van der Waals surface area contributed by atoms with Gasteiger partial charge in [0, 0.05) is 18.7 Å². The van der Waals surface area contributed by atoms with Crippen LogP contribution in [0.25, 0.3) is 0 Å². The molecular weight excluding hydrogens is 217 g/mol. The van der Waals surface area contributed by atoms with Gasteiger partial charge in [-0.1, -0.05) is 25.3 Å². The van der Waals surface area contributed by atoms with Crippen LogP contribution in [-0.4, -0.2) is 23.9 Å². The fraction of sp³-hybridized carbons (Fsp3) is 0.500. The van der Waals surface area contributed by atoms with Gasteiger partial charge in [-0.3, -0.25) is 4.79 Å². The highest BCUT2D eigenvalue weighted by atomic mass is 19.1. The number of hydrogen-bond acceptors (Lipinski definition) is 1. The van der Waals surface area contributed by atoms with Crippen molar-refractivity contribution >= 4 is 5.91 Å². The molecule has 2 rings (SSSR count). The standard InChI is InChI=1S/C14H18FNO/c15-13-8-6-7-12(11-13)14(17)16-9-4-2-1-3-5-10-16/h6-8,11H,1-5,9-10H2. The fourth-order valence-electron chi connectivity index (χ4n) is 2.25. The summed E-state index contributed by atoms with van der Waals surface area (Å²) in [7, 11) is 0. The van der Waals surface area contributed by atoms with Crippen LogP contribution in [0.3, 0.4) is 0 Å². The number of likely N-dealkylation sites (tertiary alicyclic amines) is 1. The maximum absolute atomic E-state index is 13.1. The molecule has 0 bridgehead atoms. The van der Waals surface area contributed by atoms with E-state index in [4.69, 9.17) is 0 Å². The van der Waals surface area contributed by atoms with E-state index in [-0.39, 0.29) is 11.7 Å². The summed E-state index contributed by atoms with van der Waals surface area (Å²) in [6, 6.07) is 5.96. The molecular formula is C14H18FNO. The van der Waals surface area contributed by atoms with Crippen LogP contribution in [0, 0.1) is 5.82 Å². The Hall–Kier alpha value is -1.38. The summed E-state index contributed by atoms with van der Waals surface area (Å²) < 4.78 is 13.1. The second-order valence-electron chi connectivity index (χ2n) is 4.57. The molecule has 17 heavy (non-hydrogen) atoms. The molecule has 3 heteroatoms. The van der Waals surface area contributed by atoms with E-state index in [0.717, 1.165) is 25.9 Å². The number of carbonyl (C=O) groups excluding carboxylic acids is 1. The van der Waals surface area contributed by atoms with Crippen molar-refractivity contribution < 1.29 is 9.18 Å². The zero-order chi connectivity index (χ0) is 12.1. The van der Waals surface area contributed by atoms with Gasteiger partial charge in [0.2, 0.25) is 0 Å². The molecule has 1 saturated heterocycles. The third-order valence-corrected chi connectivity index (χ3v) is 3.21. The van der Waals surface area contributed by atoms with Crippen LogP contribution >= 0.6 is 0 Å². The van der Waals surface area contributed by atoms with Crippen LogP contribution in [0.15, 0.2) is 24.3 Å². The van der Waals surface area contributed by atoms with Gasteiger partial charge < -0.3 is 4.90 Å². The van der Waals surface area contributed by atoms with E-state index in [1.807, 2.05) is 4.90 Å². The Morgan fingerprint density at radius 3 is 2.35 bits per heavy atom. The molecule has 0 unspecified atom stereocenters. The number of benzene rings is 1. The summed E-state index contributed by atoms with van der Waals surface area (Å²) in [6.07, 6.45) is 5.75. The molecule has 1 aliphatic heterocycles. The highest BCUT2D eigenvalue weighted by Gasteiger charge is 2.16. The molecule has 1 fully saturated rings. The molecule has 0 saturated carbocycles. The largest absolute Gasteiger partial charge is 0.339 e. The fourth-order valence-corrected chi connectivity index (χ4v) is 2.25. The lowest BCUT2D eigenvalue weighted by atomic mass is 10.1. The molecule has 0 aliphatic carbocycles. The van der Waals surface area contributed by atoms with Crippen LogP contribution in [0.2, 0.25) is 0 Å². The van der Waals surface area contributed by atoms with Crippen molar-refractivity contribution in [2.24, 2.45) is 0 Å². The summed E-state index contributed by atoms with van der Waals surface area (Å²) in [5.74, 6) is -0.380. The van der Waals surface area contributed by atoms with Crippen LogP contribution < -0.4 is 0 Å². The minimum Gasteiger partial charge on any atom is -0.339 e. The molecule has 2 nitrogen and oxygen atoms in total. The quantitative estimate of drug-likeness (QED) is 0.731. The van der Waals surface area contributed by atoms with Gasteiger partial charge >= 0.3 is 0 Å². The van der Waals surface area contributed by atoms with Gasteiger partial charge in [-0.25, -0.2) is 4.39 Å². The Balaban J connectivity index is 2.07. The van der Waals surface area contributed by atoms with Crippen molar-refractivity contribution in [1.29, 1.82) is 0 Å². The van der Waals surface area contributed by atoms with E-state index in [9.17, 15) is 9.18 Å². The molecule has 1 amide bonds. The summed E-state index contributed by atoms with van der Waals surface area (Å²) in [4.78, 5) is 14.0. The highest BCUT2D eigenvalue weighted by Crippen LogP contribution is 2.14. The van der Waals surface area contributed by atoms with Crippen LogP contribution in [-0.2, 0) is 0 Å². The first-order valence-electron chi connectivity index (χ1n) is 6.32. The van der Waals surface area contributed by atoms with Gasteiger partial charge in [0.25, 0.3) is 5.91 Å². The van der Waals surface area contributed by atoms with E-state index in [1.165, 1.54) is 31.4 Å². The topological polar surface area (TPSA) is 20.3 Å². The first-order valence-corrected chi connectivity index (χ1v) is 6.32. The Bertz CT molecular complexity index is 384. The second kappa shape index (κ2) is 5.80. The lowest BCUT2D eigenvalue weighted by Crippen LogP contribution is -2.33. The molecule has 1 aromatic carbocycles. The van der Waals surface area contributed by atoms with Crippen molar-refractivity contribution in [1.82, 2.24) is 4.90 Å². The van der Waals surface area contributed by atoms with Gasteiger partial charge in [0.1, 0.15) is 5.82 Å². The van der Waals surface area contributed by atoms with Crippen LogP contribution in [0.5, 0.6) is 0 Å². The Morgan fingerprint density at radius 2 is 1.71 bits per heavy atom. The average Bonchev–Trinajstić information content (AvgIpc) is 2.28. The lowest BCUT2D eigenvalue weighted by molar-refractivity contribution is 0.0742. The number of nitrogens with zero attached hydrogens (tertiary/aromatic N) is 1. The first kappa shape index (κ1) is 12.1. The molecule has 0 radical (unpaired) electrons. The van der Waals surface area contributed by atoms with Crippen molar-refractivity contribution in [2.75, 3.05) is 13.1 Å². The number of hydrogen-bond donors (Lipinski definition) is 0. The molecule has 92 valence electrons. The van der Waals surface area contributed by atoms with Crippen LogP contribution in [0.4, 0.5) is 4.39 Å². The van der Waals surface area contributed by atoms with E-state index < -0.39 is 0 Å². The lowest BCUT2D eigenvalue weighted by Gasteiger charge is -2.24. The Labute approximate surface area is 101 Å². The van der Waals surface area contributed by atoms with E-state index in [1.54, 1.807) is 12.1 Å². The average molecular weight is 235 g/mol. The van der Waals surface area contributed by atoms with Gasteiger partial charge in [-0.05, 0) is 31.0 Å². The smallest absolute Gasteiger partial charge is 0.253 e. The predicted octanol–water partition coefficient (Wildman–Crippen LogP) is 3.23. The molecule has 0 N–H and O–H groups in total. The van der Waals surface area contributed by atoms with Crippen molar-refractivity contribution in [2.45, 2.75) is 32.1 Å². The number of halogens is 1. The Kier molecular flexibility index (Phi) is 4.13. The zero-order valence-electron chi connectivity index (χ0n) is 9.99. The van der Waals surface area contributed by atoms with Crippen LogP contribution in [0.1, 0.15) is 42.5 Å². The molecule has 1 heterocycles. The van der Waals surface area contributed by atoms with E-state index in [0.29, 0.717) is 5.56 Å². The van der Waals surface area contributed by atoms with Gasteiger partial charge in [-0.15, -0.1) is 0 Å². The van der Waals surface area contributed by atoms with Crippen molar-refractivity contribution in [3.8, 4) is 0 Å². The summed E-state index contributed by atoms with van der Waals surface area (Å²) in [5, 5.41) is 0. The van der Waals surface area contributed by atoms with Gasteiger partial charge in [-0.2, -0.15) is 0 Å². The zero-order valence-corrected chi connectivity index (χ0v) is 9.99. The predicted molar refractivity (Wildman–Crippen MR) is 65.4 cm³/mol. The SMILES string of the molecule is O=C(c1cccc(F)c1)N1CCCCCCC1. The Morgan fingerprint density at radius 1 is 1.06 bits per heavy atom. The van der Waals surface area contributed by atoms with Gasteiger partial charge in [0.05, 0.1) is 0 Å². The summed E-state index contributed by atoms with van der Waals surface area (Å²) in [6.45, 7) is 1.60. The maximum atomic E-state index is 13.1. The van der Waals surface area contributed by atoms with E-state index >= 15 is 0 Å². The molecule has 0 atom stereocenters. The van der Waals surface area contributed by atoms with Crippen molar-refractivity contribution in [3.05, 3.63) is 35.6 Å². The minimum atomic E-state index is -0.345. The highest BCUT2D eigenvalue weighted by molar-refractivity contribution is 5.94. The normalized spacial score (nSPS) is 17.4. The molecule has 1 aromatic rings. The monoisotopic (exact) mass is 235 g/mol. The van der Waals surface area contributed by atoms with Gasteiger partial charge in [0.15, 0.2) is 0 Å². The first-order chi connectivity index (χ1) is 8.27. The third kappa shape index (κ3) is 3.29. The number of carbonyl (C=O) groups is 1. The molecule has 0 aromatic heterocycles. The molecule has 1 aliphatic rings. The summed E-state index contributed by atoms with van der Waals surface area (Å²) >= 11 is 0. The van der Waals surface area contributed by atoms with Crippen molar-refractivity contribution in [3.63, 3.8) is 0 Å². The molecule has 0 spiro atoms. The third-order valence-electron chi connectivity index (χ3n) is 3.21. The number of rotatable bonds is 1. The van der Waals surface area contributed by atoms with E-state index in [2.05, 4.69) is 0 Å².